The number of carbonyl (C=O) groups is 1. The van der Waals surface area contributed by atoms with Crippen molar-refractivity contribution in [3.8, 4) is 17.0 Å². The molecule has 0 saturated carbocycles. The number of benzene rings is 2. The summed E-state index contributed by atoms with van der Waals surface area (Å²) in [7, 11) is 0. The number of amides is 1. The van der Waals surface area contributed by atoms with E-state index in [1.165, 1.54) is 0 Å². The number of hydrogen-bond donors (Lipinski definition) is 3. The zero-order valence-corrected chi connectivity index (χ0v) is 17.3. The van der Waals surface area contributed by atoms with Crippen LogP contribution in [-0.4, -0.2) is 44.4 Å². The summed E-state index contributed by atoms with van der Waals surface area (Å²) < 4.78 is 0.921. The van der Waals surface area contributed by atoms with Crippen LogP contribution in [0.15, 0.2) is 40.9 Å². The van der Waals surface area contributed by atoms with Crippen LogP contribution in [0.3, 0.4) is 0 Å². The number of aliphatic hydroxyl groups is 1. The molecule has 2 heterocycles. The number of aliphatic hydroxyl groups excluding tert-OH is 1. The highest BCUT2D eigenvalue weighted by Crippen LogP contribution is 2.45. The van der Waals surface area contributed by atoms with Gasteiger partial charge in [0.25, 0.3) is 5.91 Å². The molecule has 1 unspecified atom stereocenters. The first-order chi connectivity index (χ1) is 13.4. The van der Waals surface area contributed by atoms with Crippen LogP contribution in [0.2, 0.25) is 5.02 Å². The van der Waals surface area contributed by atoms with Gasteiger partial charge in [0.05, 0.1) is 12.6 Å². The third kappa shape index (κ3) is 2.99. The molecule has 0 fully saturated rings. The van der Waals surface area contributed by atoms with Crippen molar-refractivity contribution in [1.29, 1.82) is 0 Å². The minimum atomic E-state index is -0.434. The predicted octanol–water partition coefficient (Wildman–Crippen LogP) is 4.04. The maximum atomic E-state index is 12.9. The summed E-state index contributed by atoms with van der Waals surface area (Å²) in [6.07, 6.45) is 0. The lowest BCUT2D eigenvalue weighted by molar-refractivity contribution is 0.0706. The average molecular weight is 463 g/mol. The second kappa shape index (κ2) is 7.24. The molecule has 1 aliphatic rings. The predicted molar refractivity (Wildman–Crippen MR) is 110 cm³/mol. The number of nitrogens with one attached hydrogen (secondary N) is 1. The summed E-state index contributed by atoms with van der Waals surface area (Å²) in [4.78, 5) is 14.5. The first kappa shape index (κ1) is 19.0. The molecule has 144 valence electrons. The zero-order valence-electron chi connectivity index (χ0n) is 14.9. The smallest absolute Gasteiger partial charge is 0.273 e. The van der Waals surface area contributed by atoms with Crippen molar-refractivity contribution in [2.75, 3.05) is 13.2 Å². The van der Waals surface area contributed by atoms with Crippen LogP contribution in [0.1, 0.15) is 33.2 Å². The van der Waals surface area contributed by atoms with Gasteiger partial charge < -0.3 is 15.1 Å². The maximum absolute atomic E-state index is 12.9. The van der Waals surface area contributed by atoms with Crippen molar-refractivity contribution in [2.45, 2.75) is 13.0 Å². The molecule has 1 aromatic heterocycles. The number of H-pyrrole nitrogens is 1. The van der Waals surface area contributed by atoms with Crippen molar-refractivity contribution in [2.24, 2.45) is 0 Å². The molecule has 4 rings (SSSR count). The minimum Gasteiger partial charge on any atom is -0.507 e. The molecule has 1 amide bonds. The number of aromatic nitrogens is 2. The monoisotopic (exact) mass is 461 g/mol. The quantitative estimate of drug-likeness (QED) is 0.546. The van der Waals surface area contributed by atoms with Gasteiger partial charge >= 0.3 is 0 Å². The van der Waals surface area contributed by atoms with E-state index in [9.17, 15) is 15.0 Å². The van der Waals surface area contributed by atoms with Crippen molar-refractivity contribution >= 4 is 33.4 Å². The Bertz CT molecular complexity index is 1070. The Kier molecular flexibility index (Phi) is 4.91. The highest BCUT2D eigenvalue weighted by Gasteiger charge is 2.42. The fraction of sp³-hybridized carbons (Fsp3) is 0.200. The van der Waals surface area contributed by atoms with E-state index in [1.54, 1.807) is 24.0 Å². The zero-order chi connectivity index (χ0) is 20.0. The van der Waals surface area contributed by atoms with Crippen LogP contribution >= 0.6 is 27.5 Å². The molecular formula is C20H17BrClN3O3. The highest BCUT2D eigenvalue weighted by atomic mass is 79.9. The Morgan fingerprint density at radius 3 is 2.68 bits per heavy atom. The van der Waals surface area contributed by atoms with E-state index in [1.807, 2.05) is 24.3 Å². The molecule has 1 aliphatic heterocycles. The number of fused-ring (bicyclic) bond motifs is 1. The van der Waals surface area contributed by atoms with Crippen LogP contribution < -0.4 is 0 Å². The van der Waals surface area contributed by atoms with Crippen LogP contribution in [0.5, 0.6) is 5.75 Å². The standard InChI is InChI=1S/C20H17BrClN3O3/c1-10-8-15(27)13(9-14(10)22)17-16-18(24-23-17)20(28)25(6-7-26)19(16)11-2-4-12(21)5-3-11/h2-5,8-9,19,26-27H,6-7H2,1H3,(H,23,24). The molecule has 0 bridgehead atoms. The lowest BCUT2D eigenvalue weighted by Gasteiger charge is -2.25. The molecule has 0 radical (unpaired) electrons. The number of aryl methyl sites for hydroxylation is 1. The summed E-state index contributed by atoms with van der Waals surface area (Å²) in [5, 5.41) is 27.6. The van der Waals surface area contributed by atoms with E-state index in [-0.39, 0.29) is 24.8 Å². The van der Waals surface area contributed by atoms with Gasteiger partial charge in [0.15, 0.2) is 0 Å². The van der Waals surface area contributed by atoms with Crippen LogP contribution in [0, 0.1) is 6.92 Å². The molecule has 0 aliphatic carbocycles. The number of aromatic amines is 1. The SMILES string of the molecule is Cc1cc(O)c(-c2n[nH]c3c2C(c2ccc(Br)cc2)N(CCO)C3=O)cc1Cl. The molecule has 0 saturated heterocycles. The fourth-order valence-corrected chi connectivity index (χ4v) is 4.02. The van der Waals surface area contributed by atoms with Gasteiger partial charge in [0.1, 0.15) is 17.1 Å². The molecule has 2 aromatic carbocycles. The highest BCUT2D eigenvalue weighted by molar-refractivity contribution is 9.10. The lowest BCUT2D eigenvalue weighted by Crippen LogP contribution is -2.32. The van der Waals surface area contributed by atoms with Crippen LogP contribution in [0.25, 0.3) is 11.3 Å². The summed E-state index contributed by atoms with van der Waals surface area (Å²) in [5.41, 5.74) is 3.56. The normalized spacial score (nSPS) is 15.9. The van der Waals surface area contributed by atoms with Gasteiger partial charge in [-0.3, -0.25) is 9.89 Å². The molecule has 1 atom stereocenters. The number of aromatic hydroxyl groups is 1. The topological polar surface area (TPSA) is 89.5 Å². The molecule has 0 spiro atoms. The molecular weight excluding hydrogens is 446 g/mol. The molecule has 3 aromatic rings. The van der Waals surface area contributed by atoms with E-state index in [4.69, 9.17) is 11.6 Å². The average Bonchev–Trinajstić information content (AvgIpc) is 3.20. The van der Waals surface area contributed by atoms with Gasteiger partial charge in [-0.15, -0.1) is 0 Å². The Morgan fingerprint density at radius 1 is 1.29 bits per heavy atom. The van der Waals surface area contributed by atoms with Gasteiger partial charge in [-0.25, -0.2) is 0 Å². The van der Waals surface area contributed by atoms with Gasteiger partial charge in [0.2, 0.25) is 0 Å². The number of rotatable bonds is 4. The molecule has 6 nitrogen and oxygen atoms in total. The van der Waals surface area contributed by atoms with Gasteiger partial charge in [-0.05, 0) is 42.3 Å². The number of halogens is 2. The molecule has 28 heavy (non-hydrogen) atoms. The van der Waals surface area contributed by atoms with Crippen molar-refractivity contribution in [3.63, 3.8) is 0 Å². The Morgan fingerprint density at radius 2 is 2.00 bits per heavy atom. The third-order valence-electron chi connectivity index (χ3n) is 4.92. The number of phenolic OH excluding ortho intramolecular Hbond substituents is 1. The minimum absolute atomic E-state index is 0.0406. The van der Waals surface area contributed by atoms with Crippen molar-refractivity contribution < 1.29 is 15.0 Å². The first-order valence-corrected chi connectivity index (χ1v) is 9.84. The molecule has 8 heteroatoms. The maximum Gasteiger partial charge on any atom is 0.273 e. The van der Waals surface area contributed by atoms with Crippen LogP contribution in [-0.2, 0) is 0 Å². The Labute approximate surface area is 174 Å². The summed E-state index contributed by atoms with van der Waals surface area (Å²) >= 11 is 9.69. The van der Waals surface area contributed by atoms with E-state index in [0.29, 0.717) is 27.5 Å². The van der Waals surface area contributed by atoms with Crippen molar-refractivity contribution in [1.82, 2.24) is 15.1 Å². The Hall–Kier alpha value is -2.35. The van der Waals surface area contributed by atoms with E-state index in [2.05, 4.69) is 26.1 Å². The van der Waals surface area contributed by atoms with Gasteiger partial charge in [-0.2, -0.15) is 5.10 Å². The Balaban J connectivity index is 1.92. The first-order valence-electron chi connectivity index (χ1n) is 8.67. The third-order valence-corrected chi connectivity index (χ3v) is 5.86. The van der Waals surface area contributed by atoms with Gasteiger partial charge in [-0.1, -0.05) is 39.7 Å². The van der Waals surface area contributed by atoms with Crippen molar-refractivity contribution in [3.05, 3.63) is 68.3 Å². The number of carbonyl (C=O) groups excluding carboxylic acids is 1. The largest absolute Gasteiger partial charge is 0.507 e. The van der Waals surface area contributed by atoms with Crippen LogP contribution in [0.4, 0.5) is 0 Å². The fourth-order valence-electron chi connectivity index (χ4n) is 3.59. The summed E-state index contributed by atoms with van der Waals surface area (Å²) in [5.74, 6) is -0.202. The summed E-state index contributed by atoms with van der Waals surface area (Å²) in [6, 6.07) is 10.4. The van der Waals surface area contributed by atoms with E-state index < -0.39 is 6.04 Å². The molecule has 3 N–H and O–H groups in total. The lowest BCUT2D eigenvalue weighted by atomic mass is 9.95. The number of nitrogens with zero attached hydrogens (tertiary/aromatic N) is 2. The number of β-amino-alcohol motifs (C(OH)–C–C–N with tert-alkyl or cyclic N) is 1. The van der Waals surface area contributed by atoms with E-state index in [0.717, 1.165) is 15.6 Å². The number of phenols is 1. The van der Waals surface area contributed by atoms with Gasteiger partial charge in [0, 0.05) is 27.2 Å². The second-order valence-electron chi connectivity index (χ2n) is 6.66. The van der Waals surface area contributed by atoms with E-state index >= 15 is 0 Å². The summed E-state index contributed by atoms with van der Waals surface area (Å²) in [6.45, 7) is 1.83. The second-order valence-corrected chi connectivity index (χ2v) is 7.98. The number of hydrogen-bond acceptors (Lipinski definition) is 4.